The molecule has 0 aromatic heterocycles. The van der Waals surface area contributed by atoms with Crippen LogP contribution in [0.4, 0.5) is 0 Å². The molecule has 0 aliphatic rings. The molecule has 0 rings (SSSR count). The summed E-state index contributed by atoms with van der Waals surface area (Å²) in [5.41, 5.74) is 0. The van der Waals surface area contributed by atoms with E-state index in [1.807, 2.05) is 32.9 Å². The van der Waals surface area contributed by atoms with Gasteiger partial charge in [-0.1, -0.05) is 83.1 Å². The van der Waals surface area contributed by atoms with Crippen LogP contribution in [0.1, 0.15) is 41.0 Å². The molecule has 0 N–H and O–H groups in total. The normalized spacial score (nSPS) is 14.7. The lowest BCUT2D eigenvalue weighted by atomic mass is 10.4. The molecular weight excluding hydrogens is 235 g/mol. The Labute approximate surface area is 116 Å². The van der Waals surface area contributed by atoms with Crippen LogP contribution in [0.15, 0.2) is 59.7 Å². The van der Waals surface area contributed by atoms with E-state index in [0.717, 1.165) is 6.42 Å². The maximum absolute atomic E-state index is 2.28. The Morgan fingerprint density at radius 3 is 2.11 bits per heavy atom. The number of hydrogen-bond acceptors (Lipinski definition) is 0. The third-order valence-corrected chi connectivity index (χ3v) is 3.90. The monoisotopic (exact) mass is 264 g/mol. The lowest BCUT2D eigenvalue weighted by molar-refractivity contribution is 1.22. The van der Waals surface area contributed by atoms with Gasteiger partial charge in [-0.2, -0.15) is 0 Å². The quantitative estimate of drug-likeness (QED) is 0.372. The summed E-state index contributed by atoms with van der Waals surface area (Å²) >= 11 is 0. The Kier molecular flexibility index (Phi) is 17.4. The van der Waals surface area contributed by atoms with E-state index in [2.05, 4.69) is 62.8 Å². The summed E-state index contributed by atoms with van der Waals surface area (Å²) in [6.45, 7) is 12.6. The van der Waals surface area contributed by atoms with Crippen LogP contribution in [0.5, 0.6) is 0 Å². The smallest absolute Gasteiger partial charge is 0.0250 e. The summed E-state index contributed by atoms with van der Waals surface area (Å²) in [6, 6.07) is 0. The van der Waals surface area contributed by atoms with Crippen LogP contribution in [0.3, 0.4) is 0 Å². The van der Waals surface area contributed by atoms with Crippen LogP contribution in [-0.4, -0.2) is 6.66 Å². The standard InChI is InChI=1S/C15H23P.C2H6/c1-5-8-10-11-12-14-16(4)15(7-3)13-9-6-2;1-2/h5,7-14H,6H2,1-4H3;1-2H3/b8-5-,11-10-,13-9-,14-12+,15-7+;. The molecule has 0 aromatic carbocycles. The van der Waals surface area contributed by atoms with Crippen molar-refractivity contribution in [3.63, 3.8) is 0 Å². The van der Waals surface area contributed by atoms with E-state index in [0.29, 0.717) is 0 Å². The largest absolute Gasteiger partial charge is 0.0877 e. The highest BCUT2D eigenvalue weighted by Gasteiger charge is 1.98. The van der Waals surface area contributed by atoms with Gasteiger partial charge in [0.2, 0.25) is 0 Å². The fraction of sp³-hybridized carbons (Fsp3) is 0.412. The second-order valence-electron chi connectivity index (χ2n) is 3.39. The van der Waals surface area contributed by atoms with Crippen molar-refractivity contribution in [2.75, 3.05) is 6.66 Å². The maximum atomic E-state index is 2.28. The minimum atomic E-state index is -0.158. The Morgan fingerprint density at radius 1 is 1.00 bits per heavy atom. The van der Waals surface area contributed by atoms with Gasteiger partial charge in [0.05, 0.1) is 0 Å². The molecule has 0 nitrogen and oxygen atoms in total. The lowest BCUT2D eigenvalue weighted by Crippen LogP contribution is -1.72. The van der Waals surface area contributed by atoms with Crippen LogP contribution < -0.4 is 0 Å². The van der Waals surface area contributed by atoms with Crippen molar-refractivity contribution in [2.45, 2.75) is 41.0 Å². The molecular formula is C17H29P. The van der Waals surface area contributed by atoms with Crippen molar-refractivity contribution in [3.8, 4) is 0 Å². The molecule has 102 valence electrons. The minimum absolute atomic E-state index is 0.158. The summed E-state index contributed by atoms with van der Waals surface area (Å²) in [6.07, 6.45) is 18.1. The molecule has 1 atom stereocenters. The molecule has 0 spiro atoms. The average Bonchev–Trinajstić information content (AvgIpc) is 2.41. The highest BCUT2D eigenvalue weighted by Crippen LogP contribution is 2.42. The Hall–Kier alpha value is -0.870. The van der Waals surface area contributed by atoms with Gasteiger partial charge in [0.15, 0.2) is 0 Å². The second kappa shape index (κ2) is 16.1. The van der Waals surface area contributed by atoms with Gasteiger partial charge in [-0.3, -0.25) is 0 Å². The summed E-state index contributed by atoms with van der Waals surface area (Å²) in [5.74, 6) is 2.28. The molecule has 0 aliphatic carbocycles. The molecule has 0 heterocycles. The van der Waals surface area contributed by atoms with E-state index >= 15 is 0 Å². The van der Waals surface area contributed by atoms with E-state index in [-0.39, 0.29) is 7.92 Å². The topological polar surface area (TPSA) is 0 Å². The van der Waals surface area contributed by atoms with E-state index in [1.165, 1.54) is 5.31 Å². The molecule has 0 bridgehead atoms. The minimum Gasteiger partial charge on any atom is -0.0877 e. The van der Waals surface area contributed by atoms with Crippen molar-refractivity contribution in [1.82, 2.24) is 0 Å². The van der Waals surface area contributed by atoms with E-state index < -0.39 is 0 Å². The Balaban J connectivity index is 0. The van der Waals surface area contributed by atoms with Crippen LogP contribution in [0.2, 0.25) is 0 Å². The van der Waals surface area contributed by atoms with Gasteiger partial charge in [0.25, 0.3) is 0 Å². The van der Waals surface area contributed by atoms with Gasteiger partial charge in [0.1, 0.15) is 0 Å². The van der Waals surface area contributed by atoms with Crippen molar-refractivity contribution in [1.29, 1.82) is 0 Å². The van der Waals surface area contributed by atoms with E-state index in [9.17, 15) is 0 Å². The maximum Gasteiger partial charge on any atom is -0.0250 e. The van der Waals surface area contributed by atoms with E-state index in [1.54, 1.807) is 0 Å². The Morgan fingerprint density at radius 2 is 1.61 bits per heavy atom. The highest BCUT2D eigenvalue weighted by atomic mass is 31.1. The van der Waals surface area contributed by atoms with Gasteiger partial charge in [-0.15, -0.1) is 0 Å². The molecule has 0 radical (unpaired) electrons. The van der Waals surface area contributed by atoms with Gasteiger partial charge in [-0.05, 0) is 32.2 Å². The predicted octanol–water partition coefficient (Wildman–Crippen LogP) is 6.64. The van der Waals surface area contributed by atoms with Crippen LogP contribution >= 0.6 is 7.92 Å². The fourth-order valence-corrected chi connectivity index (χ4v) is 2.44. The first kappa shape index (κ1) is 19.5. The van der Waals surface area contributed by atoms with Gasteiger partial charge >= 0.3 is 0 Å². The summed E-state index contributed by atoms with van der Waals surface area (Å²) in [4.78, 5) is 0. The average molecular weight is 264 g/mol. The first-order chi connectivity index (χ1) is 8.76. The predicted molar refractivity (Wildman–Crippen MR) is 90.5 cm³/mol. The number of hydrogen-bond donors (Lipinski definition) is 0. The van der Waals surface area contributed by atoms with Crippen LogP contribution in [-0.2, 0) is 0 Å². The van der Waals surface area contributed by atoms with Crippen LogP contribution in [0.25, 0.3) is 0 Å². The molecule has 0 saturated carbocycles. The number of rotatable bonds is 6. The van der Waals surface area contributed by atoms with Crippen LogP contribution in [0, 0.1) is 0 Å². The highest BCUT2D eigenvalue weighted by molar-refractivity contribution is 7.64. The fourth-order valence-electron chi connectivity index (χ4n) is 1.16. The zero-order valence-electron chi connectivity index (χ0n) is 12.9. The molecule has 1 unspecified atom stereocenters. The summed E-state index contributed by atoms with van der Waals surface area (Å²) in [5, 5.41) is 1.44. The molecule has 0 fully saturated rings. The van der Waals surface area contributed by atoms with Crippen molar-refractivity contribution < 1.29 is 0 Å². The molecule has 0 saturated heterocycles. The summed E-state index contributed by atoms with van der Waals surface area (Å²) in [7, 11) is -0.158. The zero-order chi connectivity index (χ0) is 14.2. The van der Waals surface area contributed by atoms with Gasteiger partial charge in [-0.25, -0.2) is 0 Å². The number of allylic oxidation sites excluding steroid dienone is 9. The van der Waals surface area contributed by atoms with Gasteiger partial charge in [0, 0.05) is 0 Å². The second-order valence-corrected chi connectivity index (χ2v) is 5.42. The van der Waals surface area contributed by atoms with Gasteiger partial charge < -0.3 is 0 Å². The van der Waals surface area contributed by atoms with Crippen molar-refractivity contribution in [2.24, 2.45) is 0 Å². The first-order valence-electron chi connectivity index (χ1n) is 6.78. The summed E-state index contributed by atoms with van der Waals surface area (Å²) < 4.78 is 0. The van der Waals surface area contributed by atoms with E-state index in [4.69, 9.17) is 0 Å². The molecule has 0 amide bonds. The third-order valence-electron chi connectivity index (χ3n) is 2.06. The van der Waals surface area contributed by atoms with Crippen molar-refractivity contribution >= 4 is 7.92 Å². The van der Waals surface area contributed by atoms with Crippen molar-refractivity contribution in [3.05, 3.63) is 59.7 Å². The zero-order valence-corrected chi connectivity index (χ0v) is 13.7. The SMILES string of the molecule is CC.C\C=C/C=C\C=C\P(C)C(/C=C\CC)=C/C. The lowest BCUT2D eigenvalue weighted by Gasteiger charge is -2.07. The Bertz CT molecular complexity index is 304. The third kappa shape index (κ3) is 11.6. The molecule has 0 aliphatic heterocycles. The molecule has 1 heteroatoms. The first-order valence-corrected chi connectivity index (χ1v) is 8.63. The molecule has 0 aromatic rings. The molecule has 18 heavy (non-hydrogen) atoms.